The third-order valence-corrected chi connectivity index (χ3v) is 8.11. The number of methoxy groups -OCH3 is 1. The maximum atomic E-state index is 12.9. The summed E-state index contributed by atoms with van der Waals surface area (Å²) in [6.07, 6.45) is 1.38. The fourth-order valence-electron chi connectivity index (χ4n) is 6.53. The van der Waals surface area contributed by atoms with Gasteiger partial charge in [0.1, 0.15) is 5.76 Å². The van der Waals surface area contributed by atoms with Crippen LogP contribution in [-0.4, -0.2) is 59.5 Å². The minimum atomic E-state index is -1.41. The number of nitrogens with zero attached hydrogens (tertiary/aromatic N) is 1. The lowest BCUT2D eigenvalue weighted by molar-refractivity contribution is -0.172. The SMILES string of the molecule is COc1ccc2c3c1O[C@@H]1C(OC(=O)[C@@H](O)c4ccccc4)=CC[C@]4(O)[C@H](C2)N(C)CC[C@@]314. The van der Waals surface area contributed by atoms with Crippen LogP contribution in [0.1, 0.15) is 35.6 Å². The predicted molar refractivity (Wildman–Crippen MR) is 119 cm³/mol. The number of carbonyl (C=O) groups excluding carboxylic acids is 1. The zero-order valence-electron chi connectivity index (χ0n) is 18.7. The molecule has 1 fully saturated rings. The van der Waals surface area contributed by atoms with Crippen molar-refractivity contribution in [2.75, 3.05) is 20.7 Å². The van der Waals surface area contributed by atoms with Crippen LogP contribution in [0.25, 0.3) is 0 Å². The van der Waals surface area contributed by atoms with Gasteiger partial charge in [-0.1, -0.05) is 36.4 Å². The molecule has 2 N–H and O–H groups in total. The summed E-state index contributed by atoms with van der Waals surface area (Å²) in [7, 11) is 3.64. The van der Waals surface area contributed by atoms with Gasteiger partial charge in [-0.3, -0.25) is 0 Å². The van der Waals surface area contributed by atoms with Crippen molar-refractivity contribution < 1.29 is 29.2 Å². The summed E-state index contributed by atoms with van der Waals surface area (Å²) in [6.45, 7) is 0.788. The summed E-state index contributed by atoms with van der Waals surface area (Å²) in [5.74, 6) is 0.802. The summed E-state index contributed by atoms with van der Waals surface area (Å²) in [5.41, 5.74) is 0.757. The van der Waals surface area contributed by atoms with Gasteiger partial charge in [0.05, 0.1) is 18.1 Å². The first kappa shape index (κ1) is 20.7. The van der Waals surface area contributed by atoms with E-state index in [9.17, 15) is 15.0 Å². The predicted octanol–water partition coefficient (Wildman–Crippen LogP) is 2.25. The van der Waals surface area contributed by atoms with Gasteiger partial charge >= 0.3 is 5.97 Å². The Morgan fingerprint density at radius 3 is 2.79 bits per heavy atom. The maximum absolute atomic E-state index is 12.9. The summed E-state index contributed by atoms with van der Waals surface area (Å²) in [4.78, 5) is 15.1. The highest BCUT2D eigenvalue weighted by Crippen LogP contribution is 2.65. The fourth-order valence-corrected chi connectivity index (χ4v) is 6.53. The molecule has 7 nitrogen and oxygen atoms in total. The van der Waals surface area contributed by atoms with Gasteiger partial charge in [-0.25, -0.2) is 4.79 Å². The molecule has 2 aromatic carbocycles. The van der Waals surface area contributed by atoms with E-state index >= 15 is 0 Å². The van der Waals surface area contributed by atoms with Crippen LogP contribution >= 0.6 is 0 Å². The van der Waals surface area contributed by atoms with Crippen LogP contribution in [0.2, 0.25) is 0 Å². The highest BCUT2D eigenvalue weighted by molar-refractivity contribution is 5.77. The van der Waals surface area contributed by atoms with Crippen LogP contribution < -0.4 is 9.47 Å². The number of benzene rings is 2. The van der Waals surface area contributed by atoms with Crippen LogP contribution in [0.15, 0.2) is 54.3 Å². The molecule has 0 aromatic heterocycles. The number of rotatable bonds is 4. The first-order chi connectivity index (χ1) is 15.9. The second-order valence-corrected chi connectivity index (χ2v) is 9.52. The van der Waals surface area contributed by atoms with E-state index in [4.69, 9.17) is 14.2 Å². The van der Waals surface area contributed by atoms with Crippen molar-refractivity contribution in [1.29, 1.82) is 0 Å². The minimum Gasteiger partial charge on any atom is -0.493 e. The van der Waals surface area contributed by atoms with E-state index in [-0.39, 0.29) is 6.04 Å². The molecule has 7 heteroatoms. The van der Waals surface area contributed by atoms with E-state index in [1.807, 2.05) is 19.2 Å². The lowest BCUT2D eigenvalue weighted by atomic mass is 9.50. The molecule has 1 saturated heterocycles. The molecule has 172 valence electrons. The van der Waals surface area contributed by atoms with Gasteiger partial charge in [0.25, 0.3) is 0 Å². The molecule has 6 rings (SSSR count). The van der Waals surface area contributed by atoms with E-state index < -0.39 is 29.2 Å². The Labute approximate surface area is 192 Å². The van der Waals surface area contributed by atoms with Crippen LogP contribution in [0.5, 0.6) is 11.5 Å². The van der Waals surface area contributed by atoms with Crippen LogP contribution in [0, 0.1) is 0 Å². The molecule has 2 aliphatic carbocycles. The second kappa shape index (κ2) is 7.06. The summed E-state index contributed by atoms with van der Waals surface area (Å²) >= 11 is 0. The molecular weight excluding hydrogens is 422 g/mol. The van der Waals surface area contributed by atoms with Crippen molar-refractivity contribution in [3.8, 4) is 11.5 Å². The topological polar surface area (TPSA) is 88.5 Å². The maximum Gasteiger partial charge on any atom is 0.344 e. The quantitative estimate of drug-likeness (QED) is 0.692. The monoisotopic (exact) mass is 449 g/mol. The summed E-state index contributed by atoms with van der Waals surface area (Å²) < 4.78 is 17.8. The zero-order chi connectivity index (χ0) is 23.0. The first-order valence-electron chi connectivity index (χ1n) is 11.3. The van der Waals surface area contributed by atoms with Gasteiger partial charge in [0.2, 0.25) is 0 Å². The minimum absolute atomic E-state index is 0.0763. The average molecular weight is 450 g/mol. The number of aliphatic hydroxyl groups is 2. The zero-order valence-corrected chi connectivity index (χ0v) is 18.7. The molecule has 0 radical (unpaired) electrons. The van der Waals surface area contributed by atoms with Gasteiger partial charge in [-0.05, 0) is 49.7 Å². The first-order valence-corrected chi connectivity index (χ1v) is 11.3. The number of esters is 1. The summed E-state index contributed by atoms with van der Waals surface area (Å²) in [5, 5.41) is 22.8. The third kappa shape index (κ3) is 2.58. The molecule has 4 aliphatic rings. The van der Waals surface area contributed by atoms with Crippen LogP contribution in [-0.2, 0) is 21.4 Å². The van der Waals surface area contributed by atoms with Crippen molar-refractivity contribution in [3.63, 3.8) is 0 Å². The largest absolute Gasteiger partial charge is 0.493 e. The van der Waals surface area contributed by atoms with E-state index in [2.05, 4.69) is 11.0 Å². The molecule has 0 unspecified atom stereocenters. The van der Waals surface area contributed by atoms with Crippen LogP contribution in [0.4, 0.5) is 0 Å². The summed E-state index contributed by atoms with van der Waals surface area (Å²) in [6, 6.07) is 12.6. The van der Waals surface area contributed by atoms with Crippen molar-refractivity contribution in [2.24, 2.45) is 0 Å². The smallest absolute Gasteiger partial charge is 0.344 e. The van der Waals surface area contributed by atoms with Crippen molar-refractivity contribution >= 4 is 5.97 Å². The number of ether oxygens (including phenoxy) is 3. The molecule has 0 amide bonds. The molecule has 2 bridgehead atoms. The van der Waals surface area contributed by atoms with Gasteiger partial charge < -0.3 is 29.3 Å². The lowest BCUT2D eigenvalue weighted by Crippen LogP contribution is -2.74. The normalized spacial score (nSPS) is 32.3. The molecule has 2 heterocycles. The second-order valence-electron chi connectivity index (χ2n) is 9.52. The number of likely N-dealkylation sites (N-methyl/N-ethyl adjacent to an activating group) is 1. The number of piperidine rings is 1. The molecule has 2 aliphatic heterocycles. The number of hydrogen-bond acceptors (Lipinski definition) is 7. The molecular formula is C26H27NO6. The fraction of sp³-hybridized carbons (Fsp3) is 0.423. The molecule has 0 saturated carbocycles. The standard InChI is InChI=1S/C26H27NO6/c1-27-13-12-25-20-16-8-9-17(31-2)22(20)33-23(25)18(10-11-26(25,30)19(27)14-16)32-24(29)21(28)15-6-4-3-5-7-15/h3-10,19,21,23,28,30H,11-14H2,1-2H3/t19-,21-,23+,25+,26-/m0/s1. The number of carbonyl (C=O) groups is 1. The Morgan fingerprint density at radius 2 is 2.03 bits per heavy atom. The highest BCUT2D eigenvalue weighted by atomic mass is 16.6. The average Bonchev–Trinajstić information content (AvgIpc) is 3.19. The third-order valence-electron chi connectivity index (χ3n) is 8.11. The molecule has 5 atom stereocenters. The number of likely N-dealkylation sites (tertiary alicyclic amines) is 1. The number of aliphatic hydroxyl groups excluding tert-OH is 1. The van der Waals surface area contributed by atoms with Crippen molar-refractivity contribution in [2.45, 2.75) is 48.5 Å². The Hall–Kier alpha value is -2.87. The van der Waals surface area contributed by atoms with E-state index in [1.165, 1.54) is 0 Å². The van der Waals surface area contributed by atoms with Crippen molar-refractivity contribution in [1.82, 2.24) is 4.90 Å². The van der Waals surface area contributed by atoms with Gasteiger partial charge in [0.15, 0.2) is 23.7 Å². The van der Waals surface area contributed by atoms with Crippen LogP contribution in [0.3, 0.4) is 0 Å². The van der Waals surface area contributed by atoms with Crippen molar-refractivity contribution in [3.05, 3.63) is 71.0 Å². The number of hydrogen-bond donors (Lipinski definition) is 2. The Kier molecular flexibility index (Phi) is 4.43. The molecule has 1 spiro atoms. The Bertz CT molecular complexity index is 1160. The highest BCUT2D eigenvalue weighted by Gasteiger charge is 2.72. The Balaban J connectivity index is 1.44. The van der Waals surface area contributed by atoms with E-state index in [1.54, 1.807) is 37.5 Å². The van der Waals surface area contributed by atoms with Gasteiger partial charge in [-0.2, -0.15) is 0 Å². The molecule has 33 heavy (non-hydrogen) atoms. The molecule has 2 aromatic rings. The van der Waals surface area contributed by atoms with E-state index in [0.717, 1.165) is 17.7 Å². The van der Waals surface area contributed by atoms with E-state index in [0.29, 0.717) is 42.1 Å². The Morgan fingerprint density at radius 1 is 1.24 bits per heavy atom. The lowest BCUT2D eigenvalue weighted by Gasteiger charge is -2.61. The van der Waals surface area contributed by atoms with Gasteiger partial charge in [0, 0.05) is 18.0 Å². The van der Waals surface area contributed by atoms with Gasteiger partial charge in [-0.15, -0.1) is 0 Å².